The van der Waals surface area contributed by atoms with Crippen LogP contribution >= 0.6 is 8.58 Å². The van der Waals surface area contributed by atoms with Gasteiger partial charge >= 0.3 is 0 Å². The van der Waals surface area contributed by atoms with Crippen molar-refractivity contribution in [3.05, 3.63) is 77.6 Å². The van der Waals surface area contributed by atoms with E-state index in [-0.39, 0.29) is 21.2 Å². The monoisotopic (exact) mass is 370 g/mol. The fourth-order valence-electron chi connectivity index (χ4n) is 3.00. The molecule has 0 heterocycles. The number of halogens is 1. The molecule has 136 valence electrons. The number of rotatable bonds is 7. The molecule has 2 aromatic rings. The van der Waals surface area contributed by atoms with Crippen molar-refractivity contribution < 1.29 is 13.9 Å². The van der Waals surface area contributed by atoms with Crippen LogP contribution in [0.5, 0.6) is 5.75 Å². The number of aryl methyl sites for hydroxylation is 1. The van der Waals surface area contributed by atoms with Gasteiger partial charge in [-0.15, -0.1) is 0 Å². The van der Waals surface area contributed by atoms with Crippen LogP contribution < -0.4 is 15.3 Å². The maximum absolute atomic E-state index is 14.3. The third-order valence-corrected chi connectivity index (χ3v) is 5.67. The highest BCUT2D eigenvalue weighted by atomic mass is 31.1. The molecule has 0 N–H and O–H groups in total. The Balaban J connectivity index is 1.84. The summed E-state index contributed by atoms with van der Waals surface area (Å²) in [5.74, 6) is 1.11. The molecule has 0 saturated carbocycles. The van der Waals surface area contributed by atoms with Gasteiger partial charge in [-0.05, 0) is 55.0 Å². The number of methoxy groups -OCH3 is 1. The van der Waals surface area contributed by atoms with Gasteiger partial charge in [-0.3, -0.25) is 0 Å². The van der Waals surface area contributed by atoms with E-state index >= 15 is 0 Å². The van der Waals surface area contributed by atoms with Crippen LogP contribution in [0.1, 0.15) is 17.5 Å². The minimum atomic E-state index is -0.160. The molecule has 26 heavy (non-hydrogen) atoms. The van der Waals surface area contributed by atoms with E-state index in [9.17, 15) is 4.39 Å². The van der Waals surface area contributed by atoms with Crippen molar-refractivity contribution in [3.63, 3.8) is 0 Å². The number of allylic oxidation sites excluding steroid dienone is 4. The number of hydrogen-bond acceptors (Lipinski definition) is 2. The first-order chi connectivity index (χ1) is 12.7. The van der Waals surface area contributed by atoms with Gasteiger partial charge in [0.05, 0.1) is 0 Å². The molecule has 0 radical (unpaired) electrons. The molecule has 4 heteroatoms. The Morgan fingerprint density at radius 2 is 2.00 bits per heavy atom. The summed E-state index contributed by atoms with van der Waals surface area (Å²) in [6, 6.07) is 11.6. The fourth-order valence-corrected chi connectivity index (χ4v) is 4.19. The number of hydrogen-bond donors (Lipinski definition) is 0. The van der Waals surface area contributed by atoms with Gasteiger partial charge in [-0.2, -0.15) is 0 Å². The van der Waals surface area contributed by atoms with Gasteiger partial charge in [0, 0.05) is 17.7 Å². The fraction of sp³-hybridized carbons (Fsp3) is 0.273. The Morgan fingerprint density at radius 3 is 2.73 bits per heavy atom. The predicted molar refractivity (Wildman–Crippen MR) is 108 cm³/mol. The van der Waals surface area contributed by atoms with Gasteiger partial charge in [-0.25, -0.2) is 4.39 Å². The van der Waals surface area contributed by atoms with Crippen LogP contribution in [0.25, 0.3) is 0 Å². The average molecular weight is 370 g/mol. The van der Waals surface area contributed by atoms with Crippen molar-refractivity contribution in [1.82, 2.24) is 0 Å². The van der Waals surface area contributed by atoms with E-state index in [1.54, 1.807) is 13.2 Å². The molecule has 0 bridgehead atoms. The minimum Gasteiger partial charge on any atom is -0.467 e. The smallest absolute Gasteiger partial charge is 0.188 e. The normalized spacial score (nSPS) is 16.5. The molecule has 3 rings (SSSR count). The zero-order valence-electron chi connectivity index (χ0n) is 15.2. The zero-order valence-corrected chi connectivity index (χ0v) is 16.2. The lowest BCUT2D eigenvalue weighted by molar-refractivity contribution is 0.0519. The van der Waals surface area contributed by atoms with Crippen molar-refractivity contribution in [2.75, 3.05) is 13.9 Å². The molecule has 0 aliphatic heterocycles. The van der Waals surface area contributed by atoms with E-state index in [2.05, 4.69) is 36.4 Å². The standard InChI is InChI=1S/C22H24FO2P/c1-16-8-11-21(19(23)12-16)26-22-14-18(9-10-20(22)25-15-24-2)13-17-6-4-3-5-7-17/h3-6,8-12,14,17,26H,7,13,15H2,1-2H3. The van der Waals surface area contributed by atoms with E-state index in [0.29, 0.717) is 11.2 Å². The van der Waals surface area contributed by atoms with Crippen LogP contribution in [0, 0.1) is 18.7 Å². The lowest BCUT2D eigenvalue weighted by atomic mass is 9.93. The maximum Gasteiger partial charge on any atom is 0.188 e. The van der Waals surface area contributed by atoms with Gasteiger partial charge < -0.3 is 9.47 Å². The summed E-state index contributed by atoms with van der Waals surface area (Å²) in [7, 11) is 1.80. The molecule has 2 atom stereocenters. The van der Waals surface area contributed by atoms with Crippen molar-refractivity contribution in [3.8, 4) is 5.75 Å². The van der Waals surface area contributed by atoms with Crippen LogP contribution in [-0.2, 0) is 11.2 Å². The third-order valence-electron chi connectivity index (χ3n) is 4.34. The Kier molecular flexibility index (Phi) is 6.60. The van der Waals surface area contributed by atoms with Gasteiger partial charge in [0.15, 0.2) is 6.79 Å². The van der Waals surface area contributed by atoms with E-state index in [4.69, 9.17) is 9.47 Å². The summed E-state index contributed by atoms with van der Waals surface area (Å²) < 4.78 is 25.1. The molecule has 0 saturated heterocycles. The highest BCUT2D eigenvalue weighted by molar-refractivity contribution is 7.55. The maximum atomic E-state index is 14.3. The van der Waals surface area contributed by atoms with Crippen LogP contribution in [0.2, 0.25) is 0 Å². The van der Waals surface area contributed by atoms with Gasteiger partial charge in [-0.1, -0.05) is 51.1 Å². The second-order valence-electron chi connectivity index (χ2n) is 6.50. The molecule has 1 aliphatic carbocycles. The van der Waals surface area contributed by atoms with Crippen molar-refractivity contribution in [2.45, 2.75) is 19.8 Å². The Labute approximate surface area is 156 Å². The lowest BCUT2D eigenvalue weighted by Gasteiger charge is -2.16. The molecule has 0 fully saturated rings. The summed E-state index contributed by atoms with van der Waals surface area (Å²) in [4.78, 5) is 0. The first kappa shape index (κ1) is 18.8. The molecular formula is C22H24FO2P. The van der Waals surface area contributed by atoms with E-state index in [1.807, 2.05) is 25.1 Å². The summed E-state index contributed by atoms with van der Waals surface area (Å²) in [6.07, 6.45) is 10.7. The van der Waals surface area contributed by atoms with Crippen LogP contribution in [0.3, 0.4) is 0 Å². The van der Waals surface area contributed by atoms with Crippen LogP contribution in [-0.4, -0.2) is 13.9 Å². The lowest BCUT2D eigenvalue weighted by Crippen LogP contribution is -2.14. The topological polar surface area (TPSA) is 18.5 Å². The van der Waals surface area contributed by atoms with E-state index in [1.165, 1.54) is 5.56 Å². The Bertz CT molecular complexity index is 814. The Hall–Kier alpha value is -1.96. The second-order valence-corrected chi connectivity index (χ2v) is 7.83. The first-order valence-corrected chi connectivity index (χ1v) is 9.77. The molecule has 2 aromatic carbocycles. The molecule has 1 aliphatic rings. The van der Waals surface area contributed by atoms with Gasteiger partial charge in [0.2, 0.25) is 0 Å². The molecular weight excluding hydrogens is 346 g/mol. The SMILES string of the molecule is COCOc1ccc(CC2C=CC=CC2)cc1Pc1ccc(C)cc1F. The molecule has 0 aromatic heterocycles. The summed E-state index contributed by atoms with van der Waals surface area (Å²) >= 11 is 0. The van der Waals surface area contributed by atoms with E-state index in [0.717, 1.165) is 29.5 Å². The predicted octanol–water partition coefficient (Wildman–Crippen LogP) is 4.42. The summed E-state index contributed by atoms with van der Waals surface area (Å²) in [5, 5.41) is 1.72. The van der Waals surface area contributed by atoms with Gasteiger partial charge in [0.1, 0.15) is 11.6 Å². The van der Waals surface area contributed by atoms with Crippen molar-refractivity contribution >= 4 is 19.2 Å². The summed E-state index contributed by atoms with van der Waals surface area (Å²) in [5.41, 5.74) is 2.17. The molecule has 0 amide bonds. The molecule has 0 spiro atoms. The first-order valence-electron chi connectivity index (χ1n) is 8.77. The third kappa shape index (κ3) is 5.03. The quantitative estimate of drug-likeness (QED) is 0.531. The molecule has 2 unspecified atom stereocenters. The van der Waals surface area contributed by atoms with E-state index < -0.39 is 0 Å². The Morgan fingerprint density at radius 1 is 1.12 bits per heavy atom. The van der Waals surface area contributed by atoms with Crippen LogP contribution in [0.4, 0.5) is 4.39 Å². The molecule has 2 nitrogen and oxygen atoms in total. The van der Waals surface area contributed by atoms with Gasteiger partial charge in [0.25, 0.3) is 0 Å². The van der Waals surface area contributed by atoms with Crippen molar-refractivity contribution in [2.24, 2.45) is 5.92 Å². The number of benzene rings is 2. The highest BCUT2D eigenvalue weighted by Crippen LogP contribution is 2.25. The zero-order chi connectivity index (χ0) is 18.4. The largest absolute Gasteiger partial charge is 0.467 e. The minimum absolute atomic E-state index is 0.160. The van der Waals surface area contributed by atoms with Crippen molar-refractivity contribution in [1.29, 1.82) is 0 Å². The van der Waals surface area contributed by atoms with Crippen LogP contribution in [0.15, 0.2) is 60.7 Å². The number of ether oxygens (including phenoxy) is 2. The highest BCUT2D eigenvalue weighted by Gasteiger charge is 2.12. The summed E-state index contributed by atoms with van der Waals surface area (Å²) in [6.45, 7) is 2.08. The second kappa shape index (κ2) is 9.12. The average Bonchev–Trinajstić information content (AvgIpc) is 2.64.